The molecule has 110 valence electrons. The molecule has 0 radical (unpaired) electrons. The van der Waals surface area contributed by atoms with Crippen molar-refractivity contribution in [2.24, 2.45) is 0 Å². The molecule has 0 N–H and O–H groups in total. The first kappa shape index (κ1) is 13.6. The molecule has 22 heavy (non-hydrogen) atoms. The highest BCUT2D eigenvalue weighted by atomic mass is 14.1. The van der Waals surface area contributed by atoms with Crippen molar-refractivity contribution in [3.63, 3.8) is 0 Å². The molecule has 0 heterocycles. The van der Waals surface area contributed by atoms with E-state index in [9.17, 15) is 0 Å². The van der Waals surface area contributed by atoms with E-state index < -0.39 is 0 Å². The van der Waals surface area contributed by atoms with Gasteiger partial charge in [-0.15, -0.1) is 0 Å². The predicted molar refractivity (Wildman–Crippen MR) is 96.2 cm³/mol. The molecule has 2 aliphatic rings. The first-order valence-corrected chi connectivity index (χ1v) is 8.35. The summed E-state index contributed by atoms with van der Waals surface area (Å²) in [5, 5.41) is 5.69. The van der Waals surface area contributed by atoms with Gasteiger partial charge in [0.05, 0.1) is 0 Å². The van der Waals surface area contributed by atoms with Gasteiger partial charge < -0.3 is 0 Å². The third-order valence-electron chi connectivity index (χ3n) is 4.76. The SMILES string of the molecule is Cc1cc(-c2cc(C)cc3c2=CCCC=3)c2c(c1)=CCCC=2. The van der Waals surface area contributed by atoms with Gasteiger partial charge in [-0.25, -0.2) is 0 Å². The molecule has 0 nitrogen and oxygen atoms in total. The molecule has 0 unspecified atom stereocenters. The summed E-state index contributed by atoms with van der Waals surface area (Å²) < 4.78 is 0. The summed E-state index contributed by atoms with van der Waals surface area (Å²) in [6.07, 6.45) is 14.3. The fourth-order valence-electron chi connectivity index (χ4n) is 3.82. The zero-order valence-electron chi connectivity index (χ0n) is 13.4. The monoisotopic (exact) mass is 286 g/mol. The van der Waals surface area contributed by atoms with E-state index >= 15 is 0 Å². The average molecular weight is 286 g/mol. The van der Waals surface area contributed by atoms with Crippen LogP contribution in [0, 0.1) is 13.8 Å². The molecule has 2 aromatic rings. The van der Waals surface area contributed by atoms with Crippen LogP contribution in [0.25, 0.3) is 35.4 Å². The van der Waals surface area contributed by atoms with Crippen molar-refractivity contribution in [2.45, 2.75) is 39.5 Å². The Kier molecular flexibility index (Phi) is 3.26. The summed E-state index contributed by atoms with van der Waals surface area (Å²) in [4.78, 5) is 0. The fourth-order valence-corrected chi connectivity index (χ4v) is 3.82. The Labute approximate surface area is 131 Å². The van der Waals surface area contributed by atoms with E-state index in [1.54, 1.807) is 0 Å². The van der Waals surface area contributed by atoms with Crippen molar-refractivity contribution in [2.75, 3.05) is 0 Å². The van der Waals surface area contributed by atoms with Crippen LogP contribution in [0.2, 0.25) is 0 Å². The highest BCUT2D eigenvalue weighted by Gasteiger charge is 2.09. The first-order valence-electron chi connectivity index (χ1n) is 8.35. The minimum Gasteiger partial charge on any atom is -0.0763 e. The molecule has 0 spiro atoms. The van der Waals surface area contributed by atoms with Gasteiger partial charge in [0.15, 0.2) is 0 Å². The highest BCUT2D eigenvalue weighted by Crippen LogP contribution is 2.15. The molecule has 2 aromatic carbocycles. The Bertz CT molecular complexity index is 904. The van der Waals surface area contributed by atoms with Gasteiger partial charge in [-0.05, 0) is 82.7 Å². The number of rotatable bonds is 1. The second kappa shape index (κ2) is 5.28. The zero-order chi connectivity index (χ0) is 15.1. The lowest BCUT2D eigenvalue weighted by molar-refractivity contribution is 1.11. The van der Waals surface area contributed by atoms with Gasteiger partial charge in [-0.2, -0.15) is 0 Å². The lowest BCUT2D eigenvalue weighted by Crippen LogP contribution is -2.34. The van der Waals surface area contributed by atoms with Crippen LogP contribution in [-0.2, 0) is 0 Å². The van der Waals surface area contributed by atoms with E-state index in [4.69, 9.17) is 0 Å². The molecular weight excluding hydrogens is 264 g/mol. The lowest BCUT2D eigenvalue weighted by atomic mass is 9.91. The van der Waals surface area contributed by atoms with Crippen LogP contribution in [-0.4, -0.2) is 0 Å². The van der Waals surface area contributed by atoms with Crippen LogP contribution < -0.4 is 20.9 Å². The van der Waals surface area contributed by atoms with E-state index in [1.165, 1.54) is 56.0 Å². The van der Waals surface area contributed by atoms with Crippen molar-refractivity contribution in [3.8, 4) is 11.1 Å². The van der Waals surface area contributed by atoms with E-state index in [1.807, 2.05) is 0 Å². The molecule has 0 amide bonds. The quantitative estimate of drug-likeness (QED) is 0.756. The van der Waals surface area contributed by atoms with Gasteiger partial charge in [0.1, 0.15) is 0 Å². The first-order chi connectivity index (χ1) is 10.7. The van der Waals surface area contributed by atoms with Crippen LogP contribution in [0.4, 0.5) is 0 Å². The average Bonchev–Trinajstić information content (AvgIpc) is 2.53. The molecule has 0 bridgehead atoms. The predicted octanol–water partition coefficient (Wildman–Crippen LogP) is 2.68. The molecule has 0 aliphatic heterocycles. The van der Waals surface area contributed by atoms with E-state index in [2.05, 4.69) is 62.4 Å². The van der Waals surface area contributed by atoms with Crippen molar-refractivity contribution >= 4 is 24.3 Å². The van der Waals surface area contributed by atoms with Crippen LogP contribution in [0.15, 0.2) is 24.3 Å². The maximum absolute atomic E-state index is 2.42. The lowest BCUT2D eigenvalue weighted by Gasteiger charge is -2.13. The fraction of sp³-hybridized carbons (Fsp3) is 0.273. The third kappa shape index (κ3) is 2.23. The van der Waals surface area contributed by atoms with Crippen LogP contribution in [0.3, 0.4) is 0 Å². The maximum atomic E-state index is 2.42. The van der Waals surface area contributed by atoms with Gasteiger partial charge in [-0.1, -0.05) is 48.6 Å². The summed E-state index contributed by atoms with van der Waals surface area (Å²) in [6, 6.07) is 9.39. The molecule has 0 saturated heterocycles. The molecule has 0 aromatic heterocycles. The number of aryl methyl sites for hydroxylation is 2. The highest BCUT2D eigenvalue weighted by molar-refractivity contribution is 5.70. The molecule has 0 atom stereocenters. The van der Waals surface area contributed by atoms with Gasteiger partial charge in [0.25, 0.3) is 0 Å². The van der Waals surface area contributed by atoms with Crippen LogP contribution in [0.1, 0.15) is 36.8 Å². The second-order valence-electron chi connectivity index (χ2n) is 6.60. The summed E-state index contributed by atoms with van der Waals surface area (Å²) in [6.45, 7) is 4.43. The summed E-state index contributed by atoms with van der Waals surface area (Å²) >= 11 is 0. The standard InChI is InChI=1S/C22H22/c1-15-11-17-7-3-5-9-19(17)21(13-15)22-14-16(2)12-18-8-4-6-10-20(18)22/h7-14H,3-6H2,1-2H3. The van der Waals surface area contributed by atoms with Gasteiger partial charge in [0.2, 0.25) is 0 Å². The number of benzene rings is 2. The molecule has 0 fully saturated rings. The molecule has 0 heteroatoms. The minimum absolute atomic E-state index is 1.16. The van der Waals surface area contributed by atoms with E-state index in [0.717, 1.165) is 12.8 Å². The van der Waals surface area contributed by atoms with Gasteiger partial charge >= 0.3 is 0 Å². The van der Waals surface area contributed by atoms with E-state index in [0.29, 0.717) is 0 Å². The smallest absolute Gasteiger partial charge is 0.00999 e. The Morgan fingerprint density at radius 2 is 0.955 bits per heavy atom. The Hall–Kier alpha value is -2.08. The third-order valence-corrected chi connectivity index (χ3v) is 4.76. The number of hydrogen-bond acceptors (Lipinski definition) is 0. The Morgan fingerprint density at radius 3 is 1.41 bits per heavy atom. The van der Waals surface area contributed by atoms with Crippen molar-refractivity contribution in [1.29, 1.82) is 0 Å². The zero-order valence-corrected chi connectivity index (χ0v) is 13.4. The Morgan fingerprint density at radius 1 is 0.545 bits per heavy atom. The van der Waals surface area contributed by atoms with Gasteiger partial charge in [-0.3, -0.25) is 0 Å². The van der Waals surface area contributed by atoms with Crippen molar-refractivity contribution < 1.29 is 0 Å². The van der Waals surface area contributed by atoms with E-state index in [-0.39, 0.29) is 0 Å². The van der Waals surface area contributed by atoms with Crippen molar-refractivity contribution in [1.82, 2.24) is 0 Å². The summed E-state index contributed by atoms with van der Waals surface area (Å²) in [5.41, 5.74) is 5.54. The second-order valence-corrected chi connectivity index (χ2v) is 6.60. The number of fused-ring (bicyclic) bond motifs is 2. The summed E-state index contributed by atoms with van der Waals surface area (Å²) in [7, 11) is 0. The molecule has 4 rings (SSSR count). The number of hydrogen-bond donors (Lipinski definition) is 0. The molecular formula is C22H22. The van der Waals surface area contributed by atoms with Crippen LogP contribution >= 0.6 is 0 Å². The molecule has 2 aliphatic carbocycles. The van der Waals surface area contributed by atoms with Crippen molar-refractivity contribution in [3.05, 3.63) is 56.3 Å². The largest absolute Gasteiger partial charge is 0.0763 e. The van der Waals surface area contributed by atoms with Crippen LogP contribution in [0.5, 0.6) is 0 Å². The summed E-state index contributed by atoms with van der Waals surface area (Å²) in [5.74, 6) is 0. The maximum Gasteiger partial charge on any atom is -0.00999 e. The Balaban J connectivity index is 2.16. The normalized spacial score (nSPS) is 15.5. The molecule has 0 saturated carbocycles. The minimum atomic E-state index is 1.16. The van der Waals surface area contributed by atoms with Gasteiger partial charge in [0, 0.05) is 0 Å². The topological polar surface area (TPSA) is 0 Å².